The van der Waals surface area contributed by atoms with Crippen molar-refractivity contribution in [3.8, 4) is 0 Å². The third kappa shape index (κ3) is 3.25. The molecule has 1 aliphatic carbocycles. The first-order valence-corrected chi connectivity index (χ1v) is 6.84. The van der Waals surface area contributed by atoms with Gasteiger partial charge in [-0.2, -0.15) is 0 Å². The molecule has 1 aliphatic rings. The van der Waals surface area contributed by atoms with Crippen LogP contribution in [-0.4, -0.2) is 5.91 Å². The van der Waals surface area contributed by atoms with E-state index < -0.39 is 0 Å². The number of benzene rings is 1. The van der Waals surface area contributed by atoms with E-state index in [0.29, 0.717) is 0 Å². The number of carbonyl (C=O) groups excluding carboxylic acids is 1. The second-order valence-corrected chi connectivity index (χ2v) is 5.25. The summed E-state index contributed by atoms with van der Waals surface area (Å²) < 4.78 is 0. The molecule has 18 heavy (non-hydrogen) atoms. The zero-order valence-corrected chi connectivity index (χ0v) is 11.0. The predicted molar refractivity (Wildman–Crippen MR) is 75.4 cm³/mol. The number of aryl methyl sites for hydroxylation is 1. The number of anilines is 2. The average Bonchev–Trinajstić information content (AvgIpc) is 2.62. The van der Waals surface area contributed by atoms with E-state index >= 15 is 0 Å². The minimum absolute atomic E-state index is 0.168. The quantitative estimate of drug-likeness (QED) is 0.620. The van der Waals surface area contributed by atoms with Crippen molar-refractivity contribution in [1.82, 2.24) is 0 Å². The highest BCUT2D eigenvalue weighted by Gasteiger charge is 2.19. The second-order valence-electron chi connectivity index (χ2n) is 5.25. The number of hydrogen-bond acceptors (Lipinski definition) is 2. The number of amides is 1. The first-order chi connectivity index (χ1) is 8.66. The Balaban J connectivity index is 1.99. The Kier molecular flexibility index (Phi) is 4.24. The lowest BCUT2D eigenvalue weighted by Gasteiger charge is -2.14. The summed E-state index contributed by atoms with van der Waals surface area (Å²) in [5.41, 5.74) is 8.40. The van der Waals surface area contributed by atoms with Crippen molar-refractivity contribution >= 4 is 17.3 Å². The van der Waals surface area contributed by atoms with E-state index in [0.717, 1.165) is 29.8 Å². The van der Waals surface area contributed by atoms with Crippen molar-refractivity contribution in [3.63, 3.8) is 0 Å². The number of nitrogens with one attached hydrogen (secondary N) is 1. The standard InChI is InChI=1S/C15H22N2O/c1-11-10-13(8-9-14(11)16)17-15(18)12-6-4-2-3-5-7-12/h8-10,12H,2-7,16H2,1H3,(H,17,18). The van der Waals surface area contributed by atoms with E-state index in [-0.39, 0.29) is 11.8 Å². The number of hydrogen-bond donors (Lipinski definition) is 2. The largest absolute Gasteiger partial charge is 0.399 e. The number of rotatable bonds is 2. The van der Waals surface area contributed by atoms with Gasteiger partial charge in [0.15, 0.2) is 0 Å². The number of carbonyl (C=O) groups is 1. The van der Waals surface area contributed by atoms with Gasteiger partial charge in [0.25, 0.3) is 0 Å². The first kappa shape index (κ1) is 12.9. The van der Waals surface area contributed by atoms with Crippen molar-refractivity contribution in [2.45, 2.75) is 45.4 Å². The zero-order valence-electron chi connectivity index (χ0n) is 11.0. The van der Waals surface area contributed by atoms with Gasteiger partial charge in [-0.05, 0) is 43.5 Å². The van der Waals surface area contributed by atoms with Gasteiger partial charge in [-0.1, -0.05) is 25.7 Å². The lowest BCUT2D eigenvalue weighted by Crippen LogP contribution is -2.22. The molecule has 2 rings (SSSR count). The monoisotopic (exact) mass is 246 g/mol. The smallest absolute Gasteiger partial charge is 0.227 e. The van der Waals surface area contributed by atoms with Gasteiger partial charge in [-0.15, -0.1) is 0 Å². The summed E-state index contributed by atoms with van der Waals surface area (Å²) in [7, 11) is 0. The Morgan fingerprint density at radius 1 is 1.22 bits per heavy atom. The molecule has 1 saturated carbocycles. The summed E-state index contributed by atoms with van der Waals surface area (Å²) >= 11 is 0. The third-order valence-electron chi connectivity index (χ3n) is 3.76. The van der Waals surface area contributed by atoms with Crippen molar-refractivity contribution in [1.29, 1.82) is 0 Å². The van der Waals surface area contributed by atoms with Crippen LogP contribution in [0.1, 0.15) is 44.1 Å². The molecule has 0 radical (unpaired) electrons. The molecular formula is C15H22N2O. The van der Waals surface area contributed by atoms with Crippen LogP contribution in [0.5, 0.6) is 0 Å². The normalized spacial score (nSPS) is 17.2. The summed E-state index contributed by atoms with van der Waals surface area (Å²) in [6.45, 7) is 1.95. The highest BCUT2D eigenvalue weighted by Crippen LogP contribution is 2.25. The van der Waals surface area contributed by atoms with Crippen LogP contribution < -0.4 is 11.1 Å². The van der Waals surface area contributed by atoms with Gasteiger partial charge in [0.1, 0.15) is 0 Å². The van der Waals surface area contributed by atoms with Gasteiger partial charge in [0.2, 0.25) is 5.91 Å². The minimum Gasteiger partial charge on any atom is -0.399 e. The minimum atomic E-state index is 0.168. The molecular weight excluding hydrogens is 224 g/mol. The highest BCUT2D eigenvalue weighted by molar-refractivity contribution is 5.92. The van der Waals surface area contributed by atoms with E-state index in [1.54, 1.807) is 0 Å². The number of nitrogens with two attached hydrogens (primary N) is 1. The van der Waals surface area contributed by atoms with Crippen molar-refractivity contribution in [3.05, 3.63) is 23.8 Å². The van der Waals surface area contributed by atoms with E-state index in [1.165, 1.54) is 25.7 Å². The molecule has 3 heteroatoms. The van der Waals surface area contributed by atoms with Crippen LogP contribution in [0.2, 0.25) is 0 Å². The second kappa shape index (κ2) is 5.89. The van der Waals surface area contributed by atoms with E-state index in [1.807, 2.05) is 25.1 Å². The van der Waals surface area contributed by atoms with E-state index in [9.17, 15) is 4.79 Å². The van der Waals surface area contributed by atoms with Gasteiger partial charge in [0, 0.05) is 17.3 Å². The van der Waals surface area contributed by atoms with Gasteiger partial charge in [0.05, 0.1) is 0 Å². The molecule has 1 aromatic carbocycles. The van der Waals surface area contributed by atoms with Crippen molar-refractivity contribution in [2.24, 2.45) is 5.92 Å². The maximum atomic E-state index is 12.2. The molecule has 0 aromatic heterocycles. The lowest BCUT2D eigenvalue weighted by atomic mass is 9.99. The summed E-state index contributed by atoms with van der Waals surface area (Å²) in [4.78, 5) is 12.2. The van der Waals surface area contributed by atoms with Crippen molar-refractivity contribution < 1.29 is 4.79 Å². The van der Waals surface area contributed by atoms with Crippen LogP contribution in [0.15, 0.2) is 18.2 Å². The lowest BCUT2D eigenvalue weighted by molar-refractivity contribution is -0.120. The van der Waals surface area contributed by atoms with Gasteiger partial charge in [-0.25, -0.2) is 0 Å². The Bertz CT molecular complexity index is 421. The molecule has 1 fully saturated rings. The summed E-state index contributed by atoms with van der Waals surface area (Å²) in [6.07, 6.45) is 6.95. The van der Waals surface area contributed by atoms with Crippen LogP contribution in [-0.2, 0) is 4.79 Å². The predicted octanol–water partition coefficient (Wildman–Crippen LogP) is 3.49. The van der Waals surface area contributed by atoms with Crippen LogP contribution in [0.3, 0.4) is 0 Å². The Morgan fingerprint density at radius 3 is 2.50 bits per heavy atom. The molecule has 3 N–H and O–H groups in total. The summed E-state index contributed by atoms with van der Waals surface area (Å²) in [5.74, 6) is 0.353. The summed E-state index contributed by atoms with van der Waals surface area (Å²) in [6, 6.07) is 5.65. The fraction of sp³-hybridized carbons (Fsp3) is 0.533. The molecule has 3 nitrogen and oxygen atoms in total. The first-order valence-electron chi connectivity index (χ1n) is 6.84. The maximum absolute atomic E-state index is 12.2. The Hall–Kier alpha value is -1.51. The molecule has 0 unspecified atom stereocenters. The van der Waals surface area contributed by atoms with E-state index in [4.69, 9.17) is 5.73 Å². The summed E-state index contributed by atoms with van der Waals surface area (Å²) in [5, 5.41) is 3.01. The van der Waals surface area contributed by atoms with Crippen LogP contribution in [0, 0.1) is 12.8 Å². The fourth-order valence-electron chi connectivity index (χ4n) is 2.54. The van der Waals surface area contributed by atoms with Crippen molar-refractivity contribution in [2.75, 3.05) is 11.1 Å². The molecule has 0 bridgehead atoms. The van der Waals surface area contributed by atoms with Gasteiger partial charge in [-0.3, -0.25) is 4.79 Å². The van der Waals surface area contributed by atoms with Crippen LogP contribution >= 0.6 is 0 Å². The maximum Gasteiger partial charge on any atom is 0.227 e. The molecule has 0 aliphatic heterocycles. The average molecular weight is 246 g/mol. The molecule has 0 heterocycles. The van der Waals surface area contributed by atoms with Crippen LogP contribution in [0.25, 0.3) is 0 Å². The molecule has 98 valence electrons. The topological polar surface area (TPSA) is 55.1 Å². The SMILES string of the molecule is Cc1cc(NC(=O)C2CCCCCC2)ccc1N. The van der Waals surface area contributed by atoms with E-state index in [2.05, 4.69) is 5.32 Å². The highest BCUT2D eigenvalue weighted by atomic mass is 16.1. The molecule has 0 spiro atoms. The molecule has 0 atom stereocenters. The van der Waals surface area contributed by atoms with Gasteiger partial charge < -0.3 is 11.1 Å². The molecule has 1 amide bonds. The van der Waals surface area contributed by atoms with Crippen LogP contribution in [0.4, 0.5) is 11.4 Å². The Labute approximate surface area is 109 Å². The number of nitrogen functional groups attached to an aromatic ring is 1. The molecule has 0 saturated heterocycles. The zero-order chi connectivity index (χ0) is 13.0. The third-order valence-corrected chi connectivity index (χ3v) is 3.76. The Morgan fingerprint density at radius 2 is 1.89 bits per heavy atom. The van der Waals surface area contributed by atoms with Gasteiger partial charge >= 0.3 is 0 Å². The fourth-order valence-corrected chi connectivity index (χ4v) is 2.54. The molecule has 1 aromatic rings.